The van der Waals surface area contributed by atoms with E-state index in [1.54, 1.807) is 0 Å². The molecular weight excluding hydrogens is 426 g/mol. The Morgan fingerprint density at radius 2 is 1.26 bits per heavy atom. The summed E-state index contributed by atoms with van der Waals surface area (Å²) < 4.78 is 35.7. The Labute approximate surface area is 248 Å². The van der Waals surface area contributed by atoms with Crippen molar-refractivity contribution in [3.05, 3.63) is 0 Å². The molecule has 27 heavy (non-hydrogen) atoms. The number of carboxylic acids is 1. The fourth-order valence-corrected chi connectivity index (χ4v) is 3.17. The van der Waals surface area contributed by atoms with Crippen LogP contribution in [0.3, 0.4) is 0 Å². The van der Waals surface area contributed by atoms with Gasteiger partial charge in [0, 0.05) is 0 Å². The number of carbonyl (C=O) groups is 2. The van der Waals surface area contributed by atoms with Crippen molar-refractivity contribution in [1.82, 2.24) is 0 Å². The van der Waals surface area contributed by atoms with E-state index in [1.165, 1.54) is 44.9 Å². The third kappa shape index (κ3) is 21.1. The van der Waals surface area contributed by atoms with Crippen LogP contribution in [0.4, 0.5) is 0 Å². The number of unbranched alkanes of at least 4 members (excludes halogenated alkanes) is 10. The van der Waals surface area contributed by atoms with Gasteiger partial charge < -0.3 is 9.84 Å². The monoisotopic (exact) mass is 460 g/mol. The van der Waals surface area contributed by atoms with Gasteiger partial charge in [0.1, 0.15) is 0 Å². The molecule has 0 aliphatic rings. The van der Waals surface area contributed by atoms with Gasteiger partial charge in [0.2, 0.25) is 0 Å². The normalized spacial score (nSPS) is 11.8. The van der Waals surface area contributed by atoms with E-state index in [0.29, 0.717) is 6.42 Å². The summed E-state index contributed by atoms with van der Waals surface area (Å²) in [6.45, 7) is 2.23. The number of hydrogen-bond donors (Lipinski definition) is 2. The minimum atomic E-state index is -4.78. The Bertz CT molecular complexity index is 484. The second-order valence-corrected chi connectivity index (χ2v) is 7.90. The van der Waals surface area contributed by atoms with Gasteiger partial charge in [-0.2, -0.15) is 8.42 Å². The molecule has 0 spiro atoms. The first-order valence-corrected chi connectivity index (χ1v) is 10.6. The Kier molecular flexibility index (Phi) is 26.7. The van der Waals surface area contributed by atoms with E-state index in [9.17, 15) is 18.0 Å². The van der Waals surface area contributed by atoms with Crippen molar-refractivity contribution in [2.45, 2.75) is 89.2 Å². The molecule has 0 radical (unpaired) electrons. The fourth-order valence-electron chi connectivity index (χ4n) is 2.50. The van der Waals surface area contributed by atoms with Gasteiger partial charge >= 0.3 is 115 Å². The van der Waals surface area contributed by atoms with E-state index in [-0.39, 0.29) is 109 Å². The molecule has 0 aliphatic carbocycles. The fraction of sp³-hybridized carbons (Fsp3) is 0.882. The zero-order chi connectivity index (χ0) is 19.1. The average molecular weight is 461 g/mol. The molecule has 0 bridgehead atoms. The maximum atomic E-state index is 11.6. The van der Waals surface area contributed by atoms with Crippen LogP contribution in [0, 0.1) is 0 Å². The second kappa shape index (κ2) is 21.4. The molecule has 0 aromatic carbocycles. The molecule has 2 N–H and O–H groups in total. The standard InChI is InChI=1S/C17H32O7S.2K.2H/c1-2-3-4-5-6-7-8-9-10-11-12-13-24-17(20)15(14-16(18)19)25(21,22)23;;;;/h15H,2-14H2,1H3,(H,18,19)(H,21,22,23);;;;. The number of esters is 1. The Morgan fingerprint density at radius 3 is 1.63 bits per heavy atom. The number of aliphatic carboxylic acids is 1. The predicted molar refractivity (Wildman–Crippen MR) is 109 cm³/mol. The number of rotatable bonds is 16. The van der Waals surface area contributed by atoms with E-state index in [4.69, 9.17) is 14.4 Å². The molecule has 0 saturated heterocycles. The molecule has 0 saturated carbocycles. The topological polar surface area (TPSA) is 118 Å². The first-order valence-electron chi connectivity index (χ1n) is 9.13. The summed E-state index contributed by atoms with van der Waals surface area (Å²) in [5.41, 5.74) is 0. The van der Waals surface area contributed by atoms with Crippen LogP contribution >= 0.6 is 0 Å². The van der Waals surface area contributed by atoms with Crippen LogP contribution in [0.5, 0.6) is 0 Å². The summed E-state index contributed by atoms with van der Waals surface area (Å²) in [5, 5.41) is 6.53. The van der Waals surface area contributed by atoms with Crippen molar-refractivity contribution >= 4 is 125 Å². The zero-order valence-electron chi connectivity index (χ0n) is 15.1. The molecule has 0 fully saturated rings. The molecule has 0 rings (SSSR count). The Morgan fingerprint density at radius 1 is 0.852 bits per heavy atom. The van der Waals surface area contributed by atoms with Crippen LogP contribution in [0.2, 0.25) is 0 Å². The summed E-state index contributed by atoms with van der Waals surface area (Å²) in [4.78, 5) is 22.1. The van der Waals surface area contributed by atoms with Crippen molar-refractivity contribution in [1.29, 1.82) is 0 Å². The van der Waals surface area contributed by atoms with Crippen molar-refractivity contribution in [3.8, 4) is 0 Å². The quantitative estimate of drug-likeness (QED) is 0.157. The molecule has 0 aromatic heterocycles. The van der Waals surface area contributed by atoms with Crippen LogP contribution in [-0.2, 0) is 24.4 Å². The van der Waals surface area contributed by atoms with Crippen LogP contribution in [0.25, 0.3) is 0 Å². The molecule has 0 aromatic rings. The molecule has 0 heterocycles. The van der Waals surface area contributed by atoms with Crippen molar-refractivity contribution in [2.24, 2.45) is 0 Å². The van der Waals surface area contributed by atoms with Gasteiger partial charge in [-0.15, -0.1) is 0 Å². The van der Waals surface area contributed by atoms with Crippen LogP contribution in [-0.4, -0.2) is 145 Å². The van der Waals surface area contributed by atoms with Gasteiger partial charge in [0.25, 0.3) is 10.1 Å². The van der Waals surface area contributed by atoms with E-state index in [1.807, 2.05) is 0 Å². The first kappa shape index (κ1) is 33.8. The molecule has 10 heteroatoms. The third-order valence-electron chi connectivity index (χ3n) is 3.97. The van der Waals surface area contributed by atoms with E-state index in [0.717, 1.165) is 19.3 Å². The minimum absolute atomic E-state index is 0. The van der Waals surface area contributed by atoms with E-state index in [2.05, 4.69) is 6.92 Å². The molecular formula is C17H34K2O7S. The summed E-state index contributed by atoms with van der Waals surface area (Å²) in [5.74, 6) is -2.70. The molecule has 1 atom stereocenters. The van der Waals surface area contributed by atoms with Gasteiger partial charge in [0.15, 0.2) is 5.25 Å². The molecule has 7 nitrogen and oxygen atoms in total. The van der Waals surface area contributed by atoms with E-state index >= 15 is 0 Å². The number of carboxylic acid groups (broad SMARTS) is 1. The van der Waals surface area contributed by atoms with Gasteiger partial charge in [0.05, 0.1) is 13.0 Å². The summed E-state index contributed by atoms with van der Waals surface area (Å²) >= 11 is 0. The van der Waals surface area contributed by atoms with Crippen molar-refractivity contribution in [3.63, 3.8) is 0 Å². The molecule has 0 aliphatic heterocycles. The Balaban J connectivity index is -0.00000288. The van der Waals surface area contributed by atoms with Gasteiger partial charge in [-0.3, -0.25) is 14.1 Å². The average Bonchev–Trinajstić information content (AvgIpc) is 2.52. The maximum absolute atomic E-state index is 11.6. The first-order chi connectivity index (χ1) is 11.8. The SMILES string of the molecule is CCCCCCCCCCCCCOC(=O)C(CC(=O)O)S(=O)(=O)O.[KH].[KH]. The van der Waals surface area contributed by atoms with E-state index < -0.39 is 33.7 Å². The summed E-state index contributed by atoms with van der Waals surface area (Å²) in [6.07, 6.45) is 11.5. The van der Waals surface area contributed by atoms with Gasteiger partial charge in [-0.05, 0) is 6.42 Å². The summed E-state index contributed by atoms with van der Waals surface area (Å²) in [7, 11) is -4.78. The molecule has 152 valence electrons. The predicted octanol–water partition coefficient (Wildman–Crippen LogP) is 2.27. The molecule has 1 unspecified atom stereocenters. The van der Waals surface area contributed by atoms with Crippen LogP contribution in [0.1, 0.15) is 84.0 Å². The second-order valence-electron chi connectivity index (χ2n) is 6.30. The number of hydrogen-bond acceptors (Lipinski definition) is 5. The summed E-state index contributed by atoms with van der Waals surface area (Å²) in [6, 6.07) is 0. The van der Waals surface area contributed by atoms with Crippen LogP contribution in [0.15, 0.2) is 0 Å². The third-order valence-corrected chi connectivity index (χ3v) is 5.05. The zero-order valence-corrected chi connectivity index (χ0v) is 15.9. The van der Waals surface area contributed by atoms with Crippen LogP contribution < -0.4 is 0 Å². The number of ether oxygens (including phenoxy) is 1. The van der Waals surface area contributed by atoms with Gasteiger partial charge in [-0.1, -0.05) is 71.1 Å². The number of carbonyl (C=O) groups excluding carboxylic acids is 1. The Hall–Kier alpha value is 2.12. The molecule has 0 amide bonds. The van der Waals surface area contributed by atoms with Gasteiger partial charge in [-0.25, -0.2) is 0 Å². The van der Waals surface area contributed by atoms with Crippen molar-refractivity contribution in [2.75, 3.05) is 6.61 Å². The van der Waals surface area contributed by atoms with Crippen molar-refractivity contribution < 1.29 is 32.4 Å².